The molecule has 6 rings (SSSR count). The number of piperidine rings is 1. The van der Waals surface area contributed by atoms with Gasteiger partial charge in [-0.1, -0.05) is 6.07 Å². The molecule has 8 heteroatoms. The summed E-state index contributed by atoms with van der Waals surface area (Å²) in [6.45, 7) is 1.69. The van der Waals surface area contributed by atoms with Crippen LogP contribution in [-0.4, -0.2) is 53.2 Å². The van der Waals surface area contributed by atoms with Crippen LogP contribution in [0.3, 0.4) is 0 Å². The molecular weight excluding hydrogens is 348 g/mol. The third-order valence-electron chi connectivity index (χ3n) is 6.19. The van der Waals surface area contributed by atoms with Gasteiger partial charge in [0.1, 0.15) is 6.04 Å². The number of carbonyl (C=O) groups excluding carboxylic acids is 4. The third kappa shape index (κ3) is 2.51. The molecule has 0 spiro atoms. The standard InChI is InChI=1S/C19H20N4O4/c24-15-4-3-14(17(25)22-15)23-18(26)11-2-1-9(5-12(11)19(23)27)7-21-16-10-6-13(16)20-8-10/h1-2,5,10,13-14,16,20-21H,3-4,6-8H2,(H,22,24,25)/t10-,13-,14?,16-/m1/s1. The molecule has 4 aliphatic heterocycles. The third-order valence-corrected chi connectivity index (χ3v) is 6.19. The number of fused-ring (bicyclic) bond motifs is 2. The zero-order chi connectivity index (χ0) is 18.7. The second kappa shape index (κ2) is 5.97. The van der Waals surface area contributed by atoms with Crippen molar-refractivity contribution < 1.29 is 19.2 Å². The van der Waals surface area contributed by atoms with Crippen LogP contribution in [-0.2, 0) is 16.1 Å². The molecule has 8 nitrogen and oxygen atoms in total. The minimum Gasteiger partial charge on any atom is -0.312 e. The summed E-state index contributed by atoms with van der Waals surface area (Å²) in [5.41, 5.74) is 1.59. The maximum Gasteiger partial charge on any atom is 0.262 e. The Morgan fingerprint density at radius 1 is 1.11 bits per heavy atom. The van der Waals surface area contributed by atoms with Crippen LogP contribution in [0.4, 0.5) is 0 Å². The first kappa shape index (κ1) is 16.6. The highest BCUT2D eigenvalue weighted by atomic mass is 16.2. The Morgan fingerprint density at radius 2 is 1.93 bits per heavy atom. The average molecular weight is 368 g/mol. The highest BCUT2D eigenvalue weighted by Crippen LogP contribution is 2.34. The Hall–Kier alpha value is -2.58. The quantitative estimate of drug-likeness (QED) is 0.621. The molecule has 4 amide bonds. The summed E-state index contributed by atoms with van der Waals surface area (Å²) in [4.78, 5) is 49.9. The van der Waals surface area contributed by atoms with Crippen LogP contribution in [0, 0.1) is 5.92 Å². The van der Waals surface area contributed by atoms with E-state index in [9.17, 15) is 19.2 Å². The van der Waals surface area contributed by atoms with E-state index >= 15 is 0 Å². The molecule has 1 aromatic rings. The topological polar surface area (TPSA) is 108 Å². The zero-order valence-electron chi connectivity index (χ0n) is 14.7. The first-order chi connectivity index (χ1) is 13.0. The summed E-state index contributed by atoms with van der Waals surface area (Å²) in [5, 5.41) is 9.19. The van der Waals surface area contributed by atoms with Crippen molar-refractivity contribution in [2.75, 3.05) is 6.54 Å². The van der Waals surface area contributed by atoms with E-state index in [1.807, 2.05) is 6.07 Å². The van der Waals surface area contributed by atoms with Crippen LogP contribution in [0.25, 0.3) is 0 Å². The predicted octanol–water partition coefficient (Wildman–Crippen LogP) is -0.462. The molecule has 4 heterocycles. The van der Waals surface area contributed by atoms with E-state index in [2.05, 4.69) is 16.0 Å². The molecule has 1 aromatic carbocycles. The number of carbonyl (C=O) groups is 4. The Bertz CT molecular complexity index is 868. The molecule has 0 radical (unpaired) electrons. The second-order valence-corrected chi connectivity index (χ2v) is 7.74. The number of nitrogens with zero attached hydrogens (tertiary/aromatic N) is 1. The molecule has 1 aliphatic carbocycles. The molecule has 27 heavy (non-hydrogen) atoms. The van der Waals surface area contributed by atoms with Crippen molar-refractivity contribution in [3.8, 4) is 0 Å². The number of nitrogens with one attached hydrogen (secondary N) is 3. The Balaban J connectivity index is 1.33. The van der Waals surface area contributed by atoms with Gasteiger partial charge in [0, 0.05) is 25.0 Å². The van der Waals surface area contributed by atoms with E-state index in [4.69, 9.17) is 0 Å². The van der Waals surface area contributed by atoms with Crippen LogP contribution >= 0.6 is 0 Å². The molecule has 2 bridgehead atoms. The van der Waals surface area contributed by atoms with Crippen LogP contribution < -0.4 is 16.0 Å². The number of amides is 4. The lowest BCUT2D eigenvalue weighted by Gasteiger charge is -2.35. The van der Waals surface area contributed by atoms with Crippen molar-refractivity contribution in [3.63, 3.8) is 0 Å². The van der Waals surface area contributed by atoms with Crippen molar-refractivity contribution in [2.45, 2.75) is 43.9 Å². The van der Waals surface area contributed by atoms with E-state index in [0.717, 1.165) is 17.0 Å². The minimum absolute atomic E-state index is 0.122. The molecule has 0 aromatic heterocycles. The predicted molar refractivity (Wildman–Crippen MR) is 93.6 cm³/mol. The van der Waals surface area contributed by atoms with Crippen molar-refractivity contribution in [1.29, 1.82) is 0 Å². The Kier molecular flexibility index (Phi) is 3.66. The molecule has 1 saturated carbocycles. The number of imide groups is 2. The lowest BCUT2D eigenvalue weighted by atomic mass is 9.80. The van der Waals surface area contributed by atoms with Gasteiger partial charge in [-0.3, -0.25) is 29.4 Å². The van der Waals surface area contributed by atoms with E-state index in [1.165, 1.54) is 6.42 Å². The van der Waals surface area contributed by atoms with Gasteiger partial charge in [-0.05, 0) is 43.0 Å². The Morgan fingerprint density at radius 3 is 2.63 bits per heavy atom. The fourth-order valence-electron chi connectivity index (χ4n) is 4.65. The van der Waals surface area contributed by atoms with Crippen molar-refractivity contribution in [2.24, 2.45) is 5.92 Å². The molecule has 5 aliphatic rings. The fourth-order valence-corrected chi connectivity index (χ4v) is 4.65. The van der Waals surface area contributed by atoms with E-state index in [0.29, 0.717) is 35.7 Å². The molecule has 3 saturated heterocycles. The smallest absolute Gasteiger partial charge is 0.262 e. The maximum atomic E-state index is 12.8. The molecular formula is C19H20N4O4. The largest absolute Gasteiger partial charge is 0.312 e. The molecule has 4 atom stereocenters. The molecule has 1 unspecified atom stereocenters. The van der Waals surface area contributed by atoms with E-state index in [1.54, 1.807) is 12.1 Å². The van der Waals surface area contributed by atoms with E-state index < -0.39 is 23.8 Å². The fraction of sp³-hybridized carbons (Fsp3) is 0.474. The van der Waals surface area contributed by atoms with Gasteiger partial charge in [-0.2, -0.15) is 0 Å². The number of benzene rings is 1. The number of hydrogen-bond acceptors (Lipinski definition) is 6. The van der Waals surface area contributed by atoms with Gasteiger partial charge in [-0.15, -0.1) is 0 Å². The van der Waals surface area contributed by atoms with Gasteiger partial charge in [-0.25, -0.2) is 0 Å². The van der Waals surface area contributed by atoms with Gasteiger partial charge >= 0.3 is 0 Å². The summed E-state index contributed by atoms with van der Waals surface area (Å²) in [7, 11) is 0. The first-order valence-corrected chi connectivity index (χ1v) is 9.34. The van der Waals surface area contributed by atoms with Gasteiger partial charge in [0.25, 0.3) is 11.8 Å². The summed E-state index contributed by atoms with van der Waals surface area (Å²) >= 11 is 0. The SMILES string of the molecule is O=C1CCC(N2C(=O)c3ccc(CN[C@@H]4[C@H]5CN[C@@H]4C5)cc3C2=O)C(=O)N1. The molecule has 140 valence electrons. The summed E-state index contributed by atoms with van der Waals surface area (Å²) in [6, 6.07) is 5.33. The lowest BCUT2D eigenvalue weighted by Crippen LogP contribution is -2.54. The summed E-state index contributed by atoms with van der Waals surface area (Å²) < 4.78 is 0. The second-order valence-electron chi connectivity index (χ2n) is 7.74. The Labute approximate surface area is 155 Å². The van der Waals surface area contributed by atoms with Crippen molar-refractivity contribution in [3.05, 3.63) is 34.9 Å². The normalized spacial score (nSPS) is 31.8. The monoisotopic (exact) mass is 368 g/mol. The van der Waals surface area contributed by atoms with Gasteiger partial charge in [0.2, 0.25) is 11.8 Å². The number of rotatable bonds is 4. The van der Waals surface area contributed by atoms with Crippen molar-refractivity contribution >= 4 is 23.6 Å². The van der Waals surface area contributed by atoms with Crippen LogP contribution in [0.2, 0.25) is 0 Å². The van der Waals surface area contributed by atoms with Gasteiger partial charge in [0.05, 0.1) is 11.1 Å². The average Bonchev–Trinajstić information content (AvgIpc) is 3.32. The van der Waals surface area contributed by atoms with Crippen LogP contribution in [0.15, 0.2) is 18.2 Å². The first-order valence-electron chi connectivity index (χ1n) is 9.34. The highest BCUT2D eigenvalue weighted by molar-refractivity contribution is 6.23. The zero-order valence-corrected chi connectivity index (χ0v) is 14.7. The van der Waals surface area contributed by atoms with Crippen LogP contribution in [0.5, 0.6) is 0 Å². The highest BCUT2D eigenvalue weighted by Gasteiger charge is 2.46. The molecule has 3 N–H and O–H groups in total. The van der Waals surface area contributed by atoms with Gasteiger partial charge < -0.3 is 10.6 Å². The minimum atomic E-state index is -0.923. The van der Waals surface area contributed by atoms with Crippen LogP contribution in [0.1, 0.15) is 45.5 Å². The van der Waals surface area contributed by atoms with E-state index in [-0.39, 0.29) is 18.7 Å². The summed E-state index contributed by atoms with van der Waals surface area (Å²) in [6.07, 6.45) is 1.51. The summed E-state index contributed by atoms with van der Waals surface area (Å²) in [5.74, 6) is -1.21. The van der Waals surface area contributed by atoms with Gasteiger partial charge in [0.15, 0.2) is 0 Å². The lowest BCUT2D eigenvalue weighted by molar-refractivity contribution is -0.136. The number of hydrogen-bond donors (Lipinski definition) is 3. The molecule has 4 fully saturated rings. The maximum absolute atomic E-state index is 12.8. The van der Waals surface area contributed by atoms with Crippen molar-refractivity contribution in [1.82, 2.24) is 20.9 Å².